The van der Waals surface area contributed by atoms with Crippen molar-refractivity contribution in [1.29, 1.82) is 0 Å². The topological polar surface area (TPSA) is 93.2 Å². The van der Waals surface area contributed by atoms with Crippen LogP contribution in [0.15, 0.2) is 17.1 Å². The molecule has 0 aliphatic carbocycles. The van der Waals surface area contributed by atoms with Gasteiger partial charge in [0.25, 0.3) is 5.56 Å². The first kappa shape index (κ1) is 12.1. The number of nitrogens with zero attached hydrogens (tertiary/aromatic N) is 2. The fourth-order valence-corrected chi connectivity index (χ4v) is 1.47. The summed E-state index contributed by atoms with van der Waals surface area (Å²) in [5, 5.41) is 3.23. The van der Waals surface area contributed by atoms with Gasteiger partial charge in [-0.25, -0.2) is 4.52 Å². The molecule has 2 rings (SSSR count). The van der Waals surface area contributed by atoms with E-state index in [0.717, 1.165) is 10.7 Å². The molecule has 6 nitrogen and oxygen atoms in total. The number of aromatic amines is 1. The van der Waals surface area contributed by atoms with E-state index in [0.29, 0.717) is 6.07 Å². The number of rotatable bonds is 2. The first-order valence-corrected chi connectivity index (χ1v) is 4.74. The Kier molecular flexibility index (Phi) is 2.60. The van der Waals surface area contributed by atoms with Crippen molar-refractivity contribution in [1.82, 2.24) is 14.6 Å². The zero-order chi connectivity index (χ0) is 13.5. The molecule has 0 saturated carbocycles. The molecule has 96 valence electrons. The molecule has 0 bridgehead atoms. The summed E-state index contributed by atoms with van der Waals surface area (Å²) in [7, 11) is 0. The van der Waals surface area contributed by atoms with Gasteiger partial charge in [0.2, 0.25) is 5.91 Å². The summed E-state index contributed by atoms with van der Waals surface area (Å²) >= 11 is 0. The number of carbonyl (C=O) groups is 1. The molecule has 0 saturated heterocycles. The predicted octanol–water partition coefficient (Wildman–Crippen LogP) is 0.0692. The highest BCUT2D eigenvalue weighted by atomic mass is 19.4. The number of nitrogens with one attached hydrogen (secondary N) is 1. The summed E-state index contributed by atoms with van der Waals surface area (Å²) in [5.41, 5.74) is 2.82. The zero-order valence-corrected chi connectivity index (χ0v) is 8.78. The normalized spacial score (nSPS) is 11.9. The van der Waals surface area contributed by atoms with E-state index in [1.54, 1.807) is 0 Å². The number of alkyl halides is 3. The van der Waals surface area contributed by atoms with Crippen LogP contribution in [0.4, 0.5) is 13.2 Å². The number of amides is 1. The Balaban J connectivity index is 2.59. The maximum atomic E-state index is 12.4. The minimum atomic E-state index is -4.64. The van der Waals surface area contributed by atoms with Crippen molar-refractivity contribution in [3.05, 3.63) is 34.0 Å². The van der Waals surface area contributed by atoms with Crippen molar-refractivity contribution in [3.8, 4) is 0 Å². The Morgan fingerprint density at radius 1 is 1.50 bits per heavy atom. The fraction of sp³-hybridized carbons (Fsp3) is 0.222. The second-order valence-electron chi connectivity index (χ2n) is 3.61. The number of nitrogens with two attached hydrogens (primary N) is 1. The van der Waals surface area contributed by atoms with E-state index in [1.165, 1.54) is 0 Å². The van der Waals surface area contributed by atoms with Crippen molar-refractivity contribution in [2.45, 2.75) is 12.6 Å². The van der Waals surface area contributed by atoms with Crippen molar-refractivity contribution in [3.63, 3.8) is 0 Å². The first-order chi connectivity index (χ1) is 8.27. The van der Waals surface area contributed by atoms with E-state index in [1.807, 2.05) is 0 Å². The second kappa shape index (κ2) is 3.86. The van der Waals surface area contributed by atoms with Crippen LogP contribution in [0.2, 0.25) is 0 Å². The molecule has 3 N–H and O–H groups in total. The molecule has 0 spiro atoms. The molecular formula is C9H7F3N4O2. The average Bonchev–Trinajstić information content (AvgIpc) is 2.59. The Labute approximate surface area is 97.2 Å². The fourth-order valence-electron chi connectivity index (χ4n) is 1.47. The Morgan fingerprint density at radius 2 is 2.17 bits per heavy atom. The van der Waals surface area contributed by atoms with E-state index in [9.17, 15) is 22.8 Å². The summed E-state index contributed by atoms with van der Waals surface area (Å²) in [5.74, 6) is -0.715. The van der Waals surface area contributed by atoms with Gasteiger partial charge in [-0.2, -0.15) is 18.3 Å². The van der Waals surface area contributed by atoms with E-state index < -0.39 is 23.3 Å². The molecule has 0 aliphatic heterocycles. The monoisotopic (exact) mass is 260 g/mol. The molecule has 0 fully saturated rings. The first-order valence-electron chi connectivity index (χ1n) is 4.74. The quantitative estimate of drug-likeness (QED) is 0.800. The number of aromatic nitrogens is 3. The number of hydrogen-bond donors (Lipinski definition) is 2. The van der Waals surface area contributed by atoms with Gasteiger partial charge in [0.15, 0.2) is 5.69 Å². The van der Waals surface area contributed by atoms with E-state index >= 15 is 0 Å². The minimum absolute atomic E-state index is 0.0943. The van der Waals surface area contributed by atoms with Gasteiger partial charge in [0.1, 0.15) is 5.52 Å². The van der Waals surface area contributed by atoms with Crippen molar-refractivity contribution >= 4 is 11.4 Å². The average molecular weight is 260 g/mol. The van der Waals surface area contributed by atoms with E-state index in [2.05, 4.69) is 10.1 Å². The van der Waals surface area contributed by atoms with Gasteiger partial charge in [-0.1, -0.05) is 0 Å². The predicted molar refractivity (Wildman–Crippen MR) is 53.7 cm³/mol. The third-order valence-corrected chi connectivity index (χ3v) is 2.18. The molecule has 0 aliphatic rings. The van der Waals surface area contributed by atoms with Gasteiger partial charge >= 0.3 is 6.18 Å². The van der Waals surface area contributed by atoms with Gasteiger partial charge in [-0.05, 0) is 0 Å². The van der Waals surface area contributed by atoms with Crippen LogP contribution in [0, 0.1) is 0 Å². The number of H-pyrrole nitrogens is 1. The van der Waals surface area contributed by atoms with Crippen LogP contribution < -0.4 is 11.3 Å². The highest BCUT2D eigenvalue weighted by Gasteiger charge is 2.34. The molecule has 2 aromatic heterocycles. The maximum absolute atomic E-state index is 12.4. The number of hydrogen-bond acceptors (Lipinski definition) is 3. The molecule has 2 heterocycles. The van der Waals surface area contributed by atoms with Crippen LogP contribution in [0.3, 0.4) is 0 Å². The van der Waals surface area contributed by atoms with Crippen LogP contribution in [0.5, 0.6) is 0 Å². The highest BCUT2D eigenvalue weighted by molar-refractivity contribution is 5.76. The molecule has 18 heavy (non-hydrogen) atoms. The molecule has 0 atom stereocenters. The summed E-state index contributed by atoms with van der Waals surface area (Å²) in [4.78, 5) is 24.4. The Bertz CT molecular complexity index is 670. The molecule has 0 aromatic carbocycles. The van der Waals surface area contributed by atoms with Crippen LogP contribution >= 0.6 is 0 Å². The molecular weight excluding hydrogens is 253 g/mol. The van der Waals surface area contributed by atoms with Gasteiger partial charge in [0, 0.05) is 18.0 Å². The van der Waals surface area contributed by atoms with Crippen molar-refractivity contribution in [2.24, 2.45) is 5.73 Å². The van der Waals surface area contributed by atoms with E-state index in [4.69, 9.17) is 5.73 Å². The number of halogens is 3. The molecule has 0 radical (unpaired) electrons. The summed E-state index contributed by atoms with van der Waals surface area (Å²) in [6.07, 6.45) is -3.80. The molecule has 9 heteroatoms. The molecule has 0 unspecified atom stereocenters. The molecule has 2 aromatic rings. The van der Waals surface area contributed by atoms with Crippen LogP contribution in [-0.2, 0) is 17.4 Å². The largest absolute Gasteiger partial charge is 0.435 e. The second-order valence-corrected chi connectivity index (χ2v) is 3.61. The Hall–Kier alpha value is -2.32. The van der Waals surface area contributed by atoms with Crippen molar-refractivity contribution < 1.29 is 18.0 Å². The third kappa shape index (κ3) is 2.19. The van der Waals surface area contributed by atoms with Crippen LogP contribution in [0.1, 0.15) is 11.4 Å². The summed E-state index contributed by atoms with van der Waals surface area (Å²) < 4.78 is 38.0. The van der Waals surface area contributed by atoms with Gasteiger partial charge < -0.3 is 10.7 Å². The minimum Gasteiger partial charge on any atom is -0.369 e. The lowest BCUT2D eigenvalue weighted by atomic mass is 10.3. The van der Waals surface area contributed by atoms with E-state index in [-0.39, 0.29) is 17.6 Å². The van der Waals surface area contributed by atoms with Gasteiger partial charge in [0.05, 0.1) is 6.42 Å². The smallest absolute Gasteiger partial charge is 0.369 e. The summed E-state index contributed by atoms with van der Waals surface area (Å²) in [6, 6.07) is 0.632. The number of carbonyl (C=O) groups excluding carboxylic acids is 1. The van der Waals surface area contributed by atoms with Gasteiger partial charge in [-0.15, -0.1) is 0 Å². The lowest BCUT2D eigenvalue weighted by molar-refractivity contribution is -0.141. The molecule has 1 amide bonds. The van der Waals surface area contributed by atoms with Crippen LogP contribution in [-0.4, -0.2) is 20.5 Å². The Morgan fingerprint density at radius 3 is 2.72 bits per heavy atom. The lowest BCUT2D eigenvalue weighted by Crippen LogP contribution is -2.19. The lowest BCUT2D eigenvalue weighted by Gasteiger charge is -1.99. The van der Waals surface area contributed by atoms with Crippen molar-refractivity contribution in [2.75, 3.05) is 0 Å². The third-order valence-electron chi connectivity index (χ3n) is 2.18. The van der Waals surface area contributed by atoms with Gasteiger partial charge in [-0.3, -0.25) is 9.59 Å². The highest BCUT2D eigenvalue weighted by Crippen LogP contribution is 2.28. The SMILES string of the molecule is NC(=O)Cc1cn2nc(C(F)(F)F)cc2c(=O)[nH]1. The maximum Gasteiger partial charge on any atom is 0.435 e. The van der Waals surface area contributed by atoms with Crippen LogP contribution in [0.25, 0.3) is 5.52 Å². The number of primary amides is 1. The zero-order valence-electron chi connectivity index (χ0n) is 8.78. The standard InChI is InChI=1S/C9H7F3N4O2/c10-9(11,12)6-2-5-8(18)14-4(1-7(13)17)3-16(5)15-6/h2-3H,1H2,(H2,13,17)(H,14,18). The summed E-state index contributed by atoms with van der Waals surface area (Å²) in [6.45, 7) is 0. The number of fused-ring (bicyclic) bond motifs is 1.